The van der Waals surface area contributed by atoms with Gasteiger partial charge in [0.25, 0.3) is 0 Å². The van der Waals surface area contributed by atoms with E-state index in [1.54, 1.807) is 0 Å². The molecule has 2 heteroatoms. The van der Waals surface area contributed by atoms with Crippen LogP contribution in [-0.4, -0.2) is 4.98 Å². The Labute approximate surface area is 125 Å². The number of para-hydroxylation sites is 1. The van der Waals surface area contributed by atoms with Gasteiger partial charge >= 0.3 is 0 Å². The number of rotatable bonds is 4. The minimum Gasteiger partial charge on any atom is -0.381 e. The van der Waals surface area contributed by atoms with Crippen LogP contribution in [-0.2, 0) is 13.0 Å². The van der Waals surface area contributed by atoms with E-state index < -0.39 is 0 Å². The average molecular weight is 276 g/mol. The Morgan fingerprint density at radius 3 is 2.81 bits per heavy atom. The van der Waals surface area contributed by atoms with E-state index in [-0.39, 0.29) is 0 Å². The topological polar surface area (TPSA) is 24.9 Å². The van der Waals surface area contributed by atoms with E-state index in [2.05, 4.69) is 66.6 Å². The lowest BCUT2D eigenvalue weighted by atomic mass is 10.0. The highest BCUT2D eigenvalue weighted by atomic mass is 14.9. The molecule has 3 rings (SSSR count). The fraction of sp³-hybridized carbons (Fsp3) is 0.211. The molecule has 0 saturated heterocycles. The maximum Gasteiger partial charge on any atom is 0.0404 e. The van der Waals surface area contributed by atoms with Crippen LogP contribution in [0.1, 0.15) is 23.6 Å². The zero-order valence-corrected chi connectivity index (χ0v) is 12.6. The van der Waals surface area contributed by atoms with E-state index in [0.717, 1.165) is 13.0 Å². The van der Waals surface area contributed by atoms with Gasteiger partial charge in [0.1, 0.15) is 0 Å². The molecule has 0 amide bonds. The van der Waals surface area contributed by atoms with Crippen molar-refractivity contribution in [3.05, 3.63) is 71.5 Å². The normalized spacial score (nSPS) is 10.8. The minimum absolute atomic E-state index is 0.843. The van der Waals surface area contributed by atoms with Gasteiger partial charge < -0.3 is 5.32 Å². The van der Waals surface area contributed by atoms with Crippen LogP contribution < -0.4 is 5.32 Å². The van der Waals surface area contributed by atoms with Gasteiger partial charge in [0.2, 0.25) is 0 Å². The molecule has 0 aliphatic carbocycles. The molecule has 0 atom stereocenters. The molecule has 1 N–H and O–H groups in total. The molecule has 2 aromatic carbocycles. The van der Waals surface area contributed by atoms with Gasteiger partial charge in [-0.3, -0.25) is 4.98 Å². The van der Waals surface area contributed by atoms with E-state index in [0.29, 0.717) is 0 Å². The molecular formula is C19H20N2. The fourth-order valence-electron chi connectivity index (χ4n) is 2.71. The number of aryl methyl sites for hydroxylation is 2. The Kier molecular flexibility index (Phi) is 3.87. The van der Waals surface area contributed by atoms with Crippen molar-refractivity contribution < 1.29 is 0 Å². The van der Waals surface area contributed by atoms with Crippen LogP contribution in [0.15, 0.2) is 54.9 Å². The van der Waals surface area contributed by atoms with Crippen molar-refractivity contribution in [1.82, 2.24) is 4.98 Å². The first-order valence-corrected chi connectivity index (χ1v) is 7.43. The number of aromatic nitrogens is 1. The van der Waals surface area contributed by atoms with Crippen LogP contribution >= 0.6 is 0 Å². The number of nitrogens with zero attached hydrogens (tertiary/aromatic N) is 1. The number of hydrogen-bond donors (Lipinski definition) is 1. The third kappa shape index (κ3) is 2.89. The fourth-order valence-corrected chi connectivity index (χ4v) is 2.71. The lowest BCUT2D eigenvalue weighted by Crippen LogP contribution is -2.04. The highest BCUT2D eigenvalue weighted by Gasteiger charge is 2.04. The maximum absolute atomic E-state index is 4.15. The third-order valence-corrected chi connectivity index (χ3v) is 3.91. The van der Waals surface area contributed by atoms with Gasteiger partial charge in [-0.2, -0.15) is 0 Å². The summed E-state index contributed by atoms with van der Waals surface area (Å²) in [6, 6.07) is 15.1. The van der Waals surface area contributed by atoms with Crippen LogP contribution in [0.4, 0.5) is 5.69 Å². The van der Waals surface area contributed by atoms with Crippen LogP contribution in [0.3, 0.4) is 0 Å². The minimum atomic E-state index is 0.843. The van der Waals surface area contributed by atoms with Crippen molar-refractivity contribution in [2.24, 2.45) is 0 Å². The van der Waals surface area contributed by atoms with Gasteiger partial charge in [0.05, 0.1) is 0 Å². The molecule has 3 aromatic rings. The molecule has 21 heavy (non-hydrogen) atoms. The predicted octanol–water partition coefficient (Wildman–Crippen LogP) is 4.72. The molecule has 106 valence electrons. The third-order valence-electron chi connectivity index (χ3n) is 3.91. The predicted molar refractivity (Wildman–Crippen MR) is 89.6 cm³/mol. The maximum atomic E-state index is 4.15. The average Bonchev–Trinajstić information content (AvgIpc) is 2.53. The van der Waals surface area contributed by atoms with E-state index in [9.17, 15) is 0 Å². The molecule has 0 fully saturated rings. The monoisotopic (exact) mass is 276 g/mol. The highest BCUT2D eigenvalue weighted by Crippen LogP contribution is 2.22. The smallest absolute Gasteiger partial charge is 0.0404 e. The molecule has 0 unspecified atom stereocenters. The Morgan fingerprint density at radius 2 is 1.95 bits per heavy atom. The highest BCUT2D eigenvalue weighted by molar-refractivity contribution is 5.82. The SMILES string of the molecule is CCc1cccc(C)c1NCc1ccc2cnccc2c1. The summed E-state index contributed by atoms with van der Waals surface area (Å²) in [5.74, 6) is 0. The molecule has 0 spiro atoms. The number of hydrogen-bond acceptors (Lipinski definition) is 2. The van der Waals surface area contributed by atoms with Gasteiger partial charge in [-0.1, -0.05) is 37.3 Å². The molecule has 0 aliphatic heterocycles. The Balaban J connectivity index is 1.83. The second kappa shape index (κ2) is 5.96. The van der Waals surface area contributed by atoms with Crippen molar-refractivity contribution in [3.63, 3.8) is 0 Å². The largest absolute Gasteiger partial charge is 0.381 e. The summed E-state index contributed by atoms with van der Waals surface area (Å²) in [5.41, 5.74) is 5.24. The van der Waals surface area contributed by atoms with Crippen LogP contribution in [0.25, 0.3) is 10.8 Å². The Morgan fingerprint density at radius 1 is 1.05 bits per heavy atom. The van der Waals surface area contributed by atoms with E-state index in [1.807, 2.05) is 12.4 Å². The van der Waals surface area contributed by atoms with Crippen molar-refractivity contribution in [2.75, 3.05) is 5.32 Å². The second-order valence-corrected chi connectivity index (χ2v) is 5.37. The van der Waals surface area contributed by atoms with Gasteiger partial charge in [-0.15, -0.1) is 0 Å². The van der Waals surface area contributed by atoms with Gasteiger partial charge in [-0.05, 0) is 47.6 Å². The number of pyridine rings is 1. The first-order valence-electron chi connectivity index (χ1n) is 7.43. The molecular weight excluding hydrogens is 256 g/mol. The van der Waals surface area contributed by atoms with Crippen molar-refractivity contribution in [2.45, 2.75) is 26.8 Å². The number of fused-ring (bicyclic) bond motifs is 1. The quantitative estimate of drug-likeness (QED) is 0.746. The Bertz CT molecular complexity index is 762. The van der Waals surface area contributed by atoms with Gasteiger partial charge in [0.15, 0.2) is 0 Å². The van der Waals surface area contributed by atoms with E-state index in [1.165, 1.54) is 33.2 Å². The zero-order valence-electron chi connectivity index (χ0n) is 12.6. The summed E-state index contributed by atoms with van der Waals surface area (Å²) in [6.07, 6.45) is 4.80. The molecule has 1 heterocycles. The standard InChI is InChI=1S/C19H20N2/c1-3-16-6-4-5-14(2)19(16)21-12-15-7-8-18-13-20-10-9-17(18)11-15/h4-11,13,21H,3,12H2,1-2H3. The van der Waals surface area contributed by atoms with E-state index in [4.69, 9.17) is 0 Å². The molecule has 0 radical (unpaired) electrons. The summed E-state index contributed by atoms with van der Waals surface area (Å²) in [4.78, 5) is 4.15. The van der Waals surface area contributed by atoms with Crippen LogP contribution in [0, 0.1) is 6.92 Å². The van der Waals surface area contributed by atoms with Crippen molar-refractivity contribution in [3.8, 4) is 0 Å². The van der Waals surface area contributed by atoms with Crippen molar-refractivity contribution >= 4 is 16.5 Å². The number of benzene rings is 2. The molecule has 0 bridgehead atoms. The summed E-state index contributed by atoms with van der Waals surface area (Å²) in [6.45, 7) is 5.20. The summed E-state index contributed by atoms with van der Waals surface area (Å²) >= 11 is 0. The molecule has 0 aliphatic rings. The molecule has 1 aromatic heterocycles. The summed E-state index contributed by atoms with van der Waals surface area (Å²) in [7, 11) is 0. The second-order valence-electron chi connectivity index (χ2n) is 5.37. The number of anilines is 1. The first kappa shape index (κ1) is 13.6. The zero-order chi connectivity index (χ0) is 14.7. The molecule has 2 nitrogen and oxygen atoms in total. The number of nitrogens with one attached hydrogen (secondary N) is 1. The van der Waals surface area contributed by atoms with Gasteiger partial charge in [0, 0.05) is 30.0 Å². The van der Waals surface area contributed by atoms with Gasteiger partial charge in [-0.25, -0.2) is 0 Å². The van der Waals surface area contributed by atoms with Crippen LogP contribution in [0.2, 0.25) is 0 Å². The lowest BCUT2D eigenvalue weighted by molar-refractivity contribution is 1.08. The van der Waals surface area contributed by atoms with Crippen LogP contribution in [0.5, 0.6) is 0 Å². The molecule has 0 saturated carbocycles. The van der Waals surface area contributed by atoms with E-state index >= 15 is 0 Å². The lowest BCUT2D eigenvalue weighted by Gasteiger charge is -2.14. The summed E-state index contributed by atoms with van der Waals surface area (Å²) in [5, 5.41) is 6.02. The summed E-state index contributed by atoms with van der Waals surface area (Å²) < 4.78 is 0. The Hall–Kier alpha value is -2.35. The first-order chi connectivity index (χ1) is 10.3. The van der Waals surface area contributed by atoms with Crippen molar-refractivity contribution in [1.29, 1.82) is 0 Å².